The second-order valence-corrected chi connectivity index (χ2v) is 7.64. The van der Waals surface area contributed by atoms with Gasteiger partial charge in [0.05, 0.1) is 0 Å². The highest BCUT2D eigenvalue weighted by molar-refractivity contribution is 7.89. The van der Waals surface area contributed by atoms with Crippen molar-refractivity contribution in [3.63, 3.8) is 0 Å². The zero-order valence-electron chi connectivity index (χ0n) is 13.9. The molecule has 0 atom stereocenters. The maximum Gasteiger partial charge on any atom is 0.260 e. The fourth-order valence-electron chi connectivity index (χ4n) is 1.93. The van der Waals surface area contributed by atoms with E-state index in [1.54, 1.807) is 0 Å². The van der Waals surface area contributed by atoms with E-state index in [9.17, 15) is 8.42 Å². The first-order valence-electron chi connectivity index (χ1n) is 7.46. The second kappa shape index (κ2) is 6.89. The molecule has 0 saturated carbocycles. The molecule has 0 aliphatic carbocycles. The van der Waals surface area contributed by atoms with Gasteiger partial charge in [0, 0.05) is 29.4 Å². The SMILES string of the molecule is CCC(C)(CC)NS(=O)(=O)c1n[nH]c(C)c1CNC(C)C. The number of nitrogens with zero attached hydrogens (tertiary/aromatic N) is 1. The van der Waals surface area contributed by atoms with Crippen LogP contribution in [0.1, 0.15) is 58.7 Å². The lowest BCUT2D eigenvalue weighted by molar-refractivity contribution is 0.387. The van der Waals surface area contributed by atoms with E-state index in [0.717, 1.165) is 18.5 Å². The van der Waals surface area contributed by atoms with Gasteiger partial charge >= 0.3 is 0 Å². The van der Waals surface area contributed by atoms with Crippen molar-refractivity contribution in [1.29, 1.82) is 0 Å². The molecule has 0 aromatic carbocycles. The monoisotopic (exact) mass is 316 g/mol. The molecule has 0 radical (unpaired) electrons. The Morgan fingerprint density at radius 3 is 2.33 bits per heavy atom. The van der Waals surface area contributed by atoms with Gasteiger partial charge in [-0.05, 0) is 26.7 Å². The number of nitrogens with one attached hydrogen (secondary N) is 3. The van der Waals surface area contributed by atoms with Crippen LogP contribution in [0.3, 0.4) is 0 Å². The Hall–Kier alpha value is -0.920. The van der Waals surface area contributed by atoms with Crippen LogP contribution in [0.15, 0.2) is 5.03 Å². The van der Waals surface area contributed by atoms with Crippen molar-refractivity contribution in [3.05, 3.63) is 11.3 Å². The van der Waals surface area contributed by atoms with Crippen LogP contribution in [-0.4, -0.2) is 30.2 Å². The van der Waals surface area contributed by atoms with Gasteiger partial charge < -0.3 is 5.32 Å². The van der Waals surface area contributed by atoms with Crippen molar-refractivity contribution >= 4 is 10.0 Å². The van der Waals surface area contributed by atoms with Crippen LogP contribution in [-0.2, 0) is 16.6 Å². The Bertz CT molecular complexity index is 560. The first-order valence-corrected chi connectivity index (χ1v) is 8.94. The first-order chi connectivity index (χ1) is 9.65. The number of aryl methyl sites for hydroxylation is 1. The van der Waals surface area contributed by atoms with Crippen molar-refractivity contribution in [2.24, 2.45) is 0 Å². The average Bonchev–Trinajstić information content (AvgIpc) is 2.77. The topological polar surface area (TPSA) is 86.9 Å². The van der Waals surface area contributed by atoms with E-state index in [4.69, 9.17) is 0 Å². The molecule has 1 rings (SSSR count). The van der Waals surface area contributed by atoms with E-state index in [1.807, 2.05) is 41.5 Å². The molecule has 7 heteroatoms. The van der Waals surface area contributed by atoms with Crippen LogP contribution >= 0.6 is 0 Å². The number of H-pyrrole nitrogens is 1. The van der Waals surface area contributed by atoms with Crippen LogP contribution in [0, 0.1) is 6.92 Å². The van der Waals surface area contributed by atoms with E-state index >= 15 is 0 Å². The van der Waals surface area contributed by atoms with Crippen molar-refractivity contribution in [1.82, 2.24) is 20.2 Å². The van der Waals surface area contributed by atoms with Crippen LogP contribution in [0.25, 0.3) is 0 Å². The molecule has 1 aromatic heterocycles. The summed E-state index contributed by atoms with van der Waals surface area (Å²) in [7, 11) is -3.63. The third kappa shape index (κ3) is 4.52. The zero-order chi connectivity index (χ0) is 16.3. The molecule has 0 aliphatic rings. The molecule has 122 valence electrons. The Balaban J connectivity index is 3.09. The van der Waals surface area contributed by atoms with Gasteiger partial charge in [-0.3, -0.25) is 5.10 Å². The van der Waals surface area contributed by atoms with Crippen molar-refractivity contribution in [2.75, 3.05) is 0 Å². The molecule has 0 bridgehead atoms. The number of hydrogen-bond donors (Lipinski definition) is 3. The Labute approximate surface area is 128 Å². The quantitative estimate of drug-likeness (QED) is 0.685. The molecule has 1 aromatic rings. The third-order valence-corrected chi connectivity index (χ3v) is 5.53. The largest absolute Gasteiger partial charge is 0.310 e. The predicted octanol–water partition coefficient (Wildman–Crippen LogP) is 2.07. The fraction of sp³-hybridized carbons (Fsp3) is 0.786. The molecule has 6 nitrogen and oxygen atoms in total. The Kier molecular flexibility index (Phi) is 5.95. The summed E-state index contributed by atoms with van der Waals surface area (Å²) < 4.78 is 28.0. The van der Waals surface area contributed by atoms with Gasteiger partial charge in [0.25, 0.3) is 10.0 Å². The smallest absolute Gasteiger partial charge is 0.260 e. The number of aromatic nitrogens is 2. The third-order valence-electron chi connectivity index (χ3n) is 3.92. The van der Waals surface area contributed by atoms with E-state index < -0.39 is 15.6 Å². The maximum absolute atomic E-state index is 12.6. The van der Waals surface area contributed by atoms with Gasteiger partial charge in [-0.15, -0.1) is 0 Å². The molecule has 3 N–H and O–H groups in total. The summed E-state index contributed by atoms with van der Waals surface area (Å²) in [5, 5.41) is 10.1. The maximum atomic E-state index is 12.6. The second-order valence-electron chi connectivity index (χ2n) is 6.04. The molecular weight excluding hydrogens is 288 g/mol. The minimum absolute atomic E-state index is 0.0984. The van der Waals surface area contributed by atoms with Crippen LogP contribution in [0.4, 0.5) is 0 Å². The molecule has 1 heterocycles. The van der Waals surface area contributed by atoms with Crippen LogP contribution < -0.4 is 10.0 Å². The summed E-state index contributed by atoms with van der Waals surface area (Å²) >= 11 is 0. The first kappa shape index (κ1) is 18.1. The Morgan fingerprint density at radius 2 is 1.86 bits per heavy atom. The number of hydrogen-bond acceptors (Lipinski definition) is 4. The summed E-state index contributed by atoms with van der Waals surface area (Å²) in [6.45, 7) is 12.2. The highest BCUT2D eigenvalue weighted by Gasteiger charge is 2.31. The molecular formula is C14H28N4O2S. The summed E-state index contributed by atoms with van der Waals surface area (Å²) in [4.78, 5) is 0. The normalized spacial score (nSPS) is 13.1. The van der Waals surface area contributed by atoms with E-state index in [1.165, 1.54) is 0 Å². The fourth-order valence-corrected chi connectivity index (χ4v) is 3.68. The molecule has 21 heavy (non-hydrogen) atoms. The van der Waals surface area contributed by atoms with Crippen molar-refractivity contribution < 1.29 is 8.42 Å². The molecule has 0 amide bonds. The minimum Gasteiger partial charge on any atom is -0.310 e. The number of aromatic amines is 1. The standard InChI is InChI=1S/C14H28N4O2S/c1-7-14(6,8-2)18-21(19,20)13-12(9-15-10(3)4)11(5)16-17-13/h10,15,18H,7-9H2,1-6H3,(H,16,17). The van der Waals surface area contributed by atoms with E-state index in [2.05, 4.69) is 20.2 Å². The zero-order valence-corrected chi connectivity index (χ0v) is 14.7. The molecule has 0 saturated heterocycles. The van der Waals surface area contributed by atoms with Crippen molar-refractivity contribution in [3.8, 4) is 0 Å². The van der Waals surface area contributed by atoms with Crippen LogP contribution in [0.2, 0.25) is 0 Å². The molecule has 0 aliphatic heterocycles. The van der Waals surface area contributed by atoms with Gasteiger partial charge in [0.2, 0.25) is 0 Å². The number of sulfonamides is 1. The van der Waals surface area contributed by atoms with Gasteiger partial charge in [-0.2, -0.15) is 5.10 Å². The minimum atomic E-state index is -3.63. The lowest BCUT2D eigenvalue weighted by atomic mass is 9.98. The molecule has 0 spiro atoms. The van der Waals surface area contributed by atoms with E-state index in [-0.39, 0.29) is 11.1 Å². The number of rotatable bonds is 8. The lowest BCUT2D eigenvalue weighted by Crippen LogP contribution is -2.45. The molecule has 0 fully saturated rings. The lowest BCUT2D eigenvalue weighted by Gasteiger charge is -2.27. The summed E-state index contributed by atoms with van der Waals surface area (Å²) in [5.41, 5.74) is 1.03. The summed E-state index contributed by atoms with van der Waals surface area (Å²) in [5.74, 6) is 0. The molecule has 0 unspecified atom stereocenters. The van der Waals surface area contributed by atoms with Crippen molar-refractivity contribution in [2.45, 2.75) is 77.5 Å². The van der Waals surface area contributed by atoms with Gasteiger partial charge in [0.1, 0.15) is 0 Å². The van der Waals surface area contributed by atoms with Gasteiger partial charge in [0.15, 0.2) is 5.03 Å². The average molecular weight is 316 g/mol. The van der Waals surface area contributed by atoms with Gasteiger partial charge in [-0.1, -0.05) is 27.7 Å². The highest BCUT2D eigenvalue weighted by Crippen LogP contribution is 2.21. The highest BCUT2D eigenvalue weighted by atomic mass is 32.2. The van der Waals surface area contributed by atoms with Crippen LogP contribution in [0.5, 0.6) is 0 Å². The predicted molar refractivity (Wildman–Crippen MR) is 84.6 cm³/mol. The van der Waals surface area contributed by atoms with Gasteiger partial charge in [-0.25, -0.2) is 13.1 Å². The summed E-state index contributed by atoms with van der Waals surface area (Å²) in [6, 6.07) is 0.277. The summed E-state index contributed by atoms with van der Waals surface area (Å²) in [6.07, 6.45) is 1.46. The van der Waals surface area contributed by atoms with E-state index in [0.29, 0.717) is 12.1 Å². The Morgan fingerprint density at radius 1 is 1.29 bits per heavy atom.